The van der Waals surface area contributed by atoms with E-state index in [1.807, 2.05) is 6.07 Å². The molecule has 0 spiro atoms. The number of likely N-dealkylation sites (tertiary alicyclic amines) is 1. The number of nitrogens with zero attached hydrogens (tertiary/aromatic N) is 1. The number of aliphatic hydroxyl groups excluding tert-OH is 1. The number of aliphatic hydroxyl groups is 1. The third-order valence-corrected chi connectivity index (χ3v) is 5.54. The van der Waals surface area contributed by atoms with Gasteiger partial charge in [-0.15, -0.1) is 0 Å². The Morgan fingerprint density at radius 1 is 1.40 bits per heavy atom. The van der Waals surface area contributed by atoms with Gasteiger partial charge in [0.05, 0.1) is 17.3 Å². The summed E-state index contributed by atoms with van der Waals surface area (Å²) >= 11 is 0. The SMILES string of the molecule is NCc1cccc(S(=O)(=O)CCN2CCCC2CO)c1. The van der Waals surface area contributed by atoms with Crippen LogP contribution in [0, 0.1) is 0 Å². The predicted molar refractivity (Wildman–Crippen MR) is 78.1 cm³/mol. The van der Waals surface area contributed by atoms with Crippen molar-refractivity contribution in [2.75, 3.05) is 25.4 Å². The highest BCUT2D eigenvalue weighted by molar-refractivity contribution is 7.91. The smallest absolute Gasteiger partial charge is 0.179 e. The molecule has 112 valence electrons. The lowest BCUT2D eigenvalue weighted by Crippen LogP contribution is -2.35. The zero-order valence-corrected chi connectivity index (χ0v) is 12.3. The van der Waals surface area contributed by atoms with E-state index in [1.54, 1.807) is 18.2 Å². The summed E-state index contributed by atoms with van der Waals surface area (Å²) in [5.74, 6) is 0.0809. The Kier molecular flexibility index (Phi) is 5.15. The molecule has 1 atom stereocenters. The fourth-order valence-corrected chi connectivity index (χ4v) is 3.94. The molecule has 20 heavy (non-hydrogen) atoms. The molecule has 1 heterocycles. The van der Waals surface area contributed by atoms with Crippen LogP contribution in [-0.4, -0.2) is 49.9 Å². The summed E-state index contributed by atoms with van der Waals surface area (Å²) in [4.78, 5) is 2.39. The Morgan fingerprint density at radius 2 is 2.20 bits per heavy atom. The van der Waals surface area contributed by atoms with Crippen LogP contribution in [0.15, 0.2) is 29.2 Å². The van der Waals surface area contributed by atoms with Crippen molar-refractivity contribution in [1.29, 1.82) is 0 Å². The van der Waals surface area contributed by atoms with Gasteiger partial charge in [0.25, 0.3) is 0 Å². The fourth-order valence-electron chi connectivity index (χ4n) is 2.62. The average Bonchev–Trinajstić information content (AvgIpc) is 2.93. The van der Waals surface area contributed by atoms with Crippen LogP contribution in [0.1, 0.15) is 18.4 Å². The van der Waals surface area contributed by atoms with Crippen molar-refractivity contribution in [1.82, 2.24) is 4.90 Å². The second-order valence-electron chi connectivity index (χ2n) is 5.18. The molecule has 6 heteroatoms. The van der Waals surface area contributed by atoms with Crippen LogP contribution in [0.2, 0.25) is 0 Å². The minimum atomic E-state index is -3.29. The molecule has 1 aromatic rings. The van der Waals surface area contributed by atoms with E-state index in [4.69, 9.17) is 5.73 Å². The Hall–Kier alpha value is -0.950. The highest BCUT2D eigenvalue weighted by atomic mass is 32.2. The third kappa shape index (κ3) is 3.58. The van der Waals surface area contributed by atoms with Crippen LogP contribution >= 0.6 is 0 Å². The molecule has 0 aromatic heterocycles. The van der Waals surface area contributed by atoms with Crippen LogP contribution in [0.25, 0.3) is 0 Å². The monoisotopic (exact) mass is 298 g/mol. The number of rotatable bonds is 6. The van der Waals surface area contributed by atoms with Crippen LogP contribution in [0.3, 0.4) is 0 Å². The van der Waals surface area contributed by atoms with Gasteiger partial charge in [-0.2, -0.15) is 0 Å². The maximum absolute atomic E-state index is 12.3. The summed E-state index contributed by atoms with van der Waals surface area (Å²) in [6.07, 6.45) is 1.97. The molecule has 1 aliphatic rings. The Balaban J connectivity index is 2.03. The van der Waals surface area contributed by atoms with Gasteiger partial charge in [0, 0.05) is 19.1 Å². The van der Waals surface area contributed by atoms with Gasteiger partial charge >= 0.3 is 0 Å². The molecule has 1 unspecified atom stereocenters. The second-order valence-corrected chi connectivity index (χ2v) is 7.29. The lowest BCUT2D eigenvalue weighted by Gasteiger charge is -2.22. The number of sulfone groups is 1. The number of hydrogen-bond acceptors (Lipinski definition) is 5. The molecule has 0 amide bonds. The maximum Gasteiger partial charge on any atom is 0.179 e. The summed E-state index contributed by atoms with van der Waals surface area (Å²) < 4.78 is 24.6. The first-order valence-corrected chi connectivity index (χ1v) is 8.58. The van der Waals surface area contributed by atoms with E-state index in [-0.39, 0.29) is 18.4 Å². The van der Waals surface area contributed by atoms with E-state index in [0.29, 0.717) is 18.0 Å². The second kappa shape index (κ2) is 6.67. The molecule has 1 fully saturated rings. The van der Waals surface area contributed by atoms with Crippen molar-refractivity contribution >= 4 is 9.84 Å². The Labute approximate surface area is 120 Å². The van der Waals surface area contributed by atoms with Crippen molar-refractivity contribution in [3.8, 4) is 0 Å². The van der Waals surface area contributed by atoms with Crippen molar-refractivity contribution < 1.29 is 13.5 Å². The molecule has 1 aromatic carbocycles. The fraction of sp³-hybridized carbons (Fsp3) is 0.571. The number of nitrogens with two attached hydrogens (primary N) is 1. The van der Waals surface area contributed by atoms with Gasteiger partial charge in [-0.1, -0.05) is 12.1 Å². The van der Waals surface area contributed by atoms with Crippen LogP contribution in [0.4, 0.5) is 0 Å². The molecule has 1 aliphatic heterocycles. The van der Waals surface area contributed by atoms with E-state index in [0.717, 1.165) is 24.9 Å². The van der Waals surface area contributed by atoms with Gasteiger partial charge in [0.15, 0.2) is 9.84 Å². The summed E-state index contributed by atoms with van der Waals surface area (Å²) in [5, 5.41) is 9.25. The summed E-state index contributed by atoms with van der Waals surface area (Å²) in [6, 6.07) is 6.91. The highest BCUT2D eigenvalue weighted by Crippen LogP contribution is 2.18. The lowest BCUT2D eigenvalue weighted by atomic mass is 10.2. The summed E-state index contributed by atoms with van der Waals surface area (Å²) in [5.41, 5.74) is 6.36. The molecule has 0 radical (unpaired) electrons. The number of hydrogen-bond donors (Lipinski definition) is 2. The molecule has 1 saturated heterocycles. The zero-order chi connectivity index (χ0) is 14.6. The van der Waals surface area contributed by atoms with Gasteiger partial charge in [-0.25, -0.2) is 8.42 Å². The van der Waals surface area contributed by atoms with E-state index < -0.39 is 9.84 Å². The van der Waals surface area contributed by atoms with E-state index >= 15 is 0 Å². The van der Waals surface area contributed by atoms with E-state index in [9.17, 15) is 13.5 Å². The standard InChI is InChI=1S/C14H22N2O3S/c15-10-12-3-1-5-14(9-12)20(18,19)8-7-16-6-2-4-13(16)11-17/h1,3,5,9,13,17H,2,4,6-8,10-11,15H2. The van der Waals surface area contributed by atoms with Gasteiger partial charge in [0.1, 0.15) is 0 Å². The van der Waals surface area contributed by atoms with Crippen molar-refractivity contribution in [3.05, 3.63) is 29.8 Å². The topological polar surface area (TPSA) is 83.6 Å². The molecular formula is C14H22N2O3S. The molecule has 3 N–H and O–H groups in total. The minimum Gasteiger partial charge on any atom is -0.395 e. The van der Waals surface area contributed by atoms with Crippen molar-refractivity contribution in [2.24, 2.45) is 5.73 Å². The van der Waals surface area contributed by atoms with Crippen LogP contribution < -0.4 is 5.73 Å². The molecule has 0 saturated carbocycles. The Morgan fingerprint density at radius 3 is 2.90 bits per heavy atom. The first-order valence-electron chi connectivity index (χ1n) is 6.93. The molecule has 2 rings (SSSR count). The maximum atomic E-state index is 12.3. The van der Waals surface area contributed by atoms with Crippen LogP contribution in [0.5, 0.6) is 0 Å². The van der Waals surface area contributed by atoms with E-state index in [2.05, 4.69) is 4.90 Å². The zero-order valence-electron chi connectivity index (χ0n) is 11.5. The Bertz CT molecular complexity index is 545. The highest BCUT2D eigenvalue weighted by Gasteiger charge is 2.25. The lowest BCUT2D eigenvalue weighted by molar-refractivity contribution is 0.165. The first kappa shape index (κ1) is 15.4. The van der Waals surface area contributed by atoms with E-state index in [1.165, 1.54) is 0 Å². The van der Waals surface area contributed by atoms with Gasteiger partial charge in [-0.05, 0) is 37.1 Å². The average molecular weight is 298 g/mol. The van der Waals surface area contributed by atoms with Crippen LogP contribution in [-0.2, 0) is 16.4 Å². The molecule has 5 nitrogen and oxygen atoms in total. The predicted octanol–water partition coefficient (Wildman–Crippen LogP) is 0.376. The quantitative estimate of drug-likeness (QED) is 0.793. The van der Waals surface area contributed by atoms with Gasteiger partial charge in [-0.3, -0.25) is 4.90 Å². The van der Waals surface area contributed by atoms with Gasteiger partial charge < -0.3 is 10.8 Å². The van der Waals surface area contributed by atoms with Crippen molar-refractivity contribution in [2.45, 2.75) is 30.3 Å². The van der Waals surface area contributed by atoms with Gasteiger partial charge in [0.2, 0.25) is 0 Å². The number of benzene rings is 1. The molecule has 0 bridgehead atoms. The first-order chi connectivity index (χ1) is 9.56. The minimum absolute atomic E-state index is 0.0809. The third-order valence-electron chi connectivity index (χ3n) is 3.85. The largest absolute Gasteiger partial charge is 0.395 e. The molecule has 0 aliphatic carbocycles. The molecular weight excluding hydrogens is 276 g/mol. The van der Waals surface area contributed by atoms with Crippen molar-refractivity contribution in [3.63, 3.8) is 0 Å². The summed E-state index contributed by atoms with van der Waals surface area (Å²) in [6.45, 7) is 1.77. The summed E-state index contributed by atoms with van der Waals surface area (Å²) in [7, 11) is -3.29. The normalized spacial score (nSPS) is 20.4.